The number of nitrogens with one attached hydrogen (secondary N) is 1. The van der Waals surface area contributed by atoms with Crippen molar-refractivity contribution in [2.75, 3.05) is 59.1 Å². The molecule has 3 saturated heterocycles. The highest BCUT2D eigenvalue weighted by atomic mass is 16.5. The molecule has 1 aromatic rings. The van der Waals surface area contributed by atoms with Gasteiger partial charge in [0.2, 0.25) is 0 Å². The van der Waals surface area contributed by atoms with Crippen LogP contribution in [0.25, 0.3) is 0 Å². The lowest BCUT2D eigenvalue weighted by Crippen LogP contribution is -2.41. The molecule has 4 rings (SSSR count). The molecule has 0 bridgehead atoms. The second kappa shape index (κ2) is 11.3. The predicted molar refractivity (Wildman–Crippen MR) is 125 cm³/mol. The largest absolute Gasteiger partial charge is 0.381 e. The third-order valence-electron chi connectivity index (χ3n) is 6.96. The van der Waals surface area contributed by atoms with Gasteiger partial charge in [-0.1, -0.05) is 30.3 Å². The quantitative estimate of drug-likeness (QED) is 0.392. The first-order valence-corrected chi connectivity index (χ1v) is 12.3. The second-order valence-corrected chi connectivity index (χ2v) is 9.40. The van der Waals surface area contributed by atoms with E-state index in [2.05, 4.69) is 52.4 Å². The summed E-state index contributed by atoms with van der Waals surface area (Å²) in [6.07, 6.45) is 6.09. The fraction of sp³-hybridized carbons (Fsp3) is 0.720. The molecule has 3 fully saturated rings. The Kier molecular flexibility index (Phi) is 8.22. The van der Waals surface area contributed by atoms with E-state index in [0.29, 0.717) is 11.5 Å². The molecule has 6 heteroatoms. The standard InChI is InChI=1S/C25H40N4O2/c1-2-26-24(29-16-11-25(20-29)12-18-30-21-25)27-13-6-17-31-23-9-14-28(15-10-23)19-22-7-4-3-5-8-22/h3-5,7-8,23H,2,6,9-21H2,1H3,(H,26,27). The van der Waals surface area contributed by atoms with E-state index in [1.165, 1.54) is 18.4 Å². The Morgan fingerprint density at radius 1 is 1.19 bits per heavy atom. The van der Waals surface area contributed by atoms with Gasteiger partial charge in [-0.15, -0.1) is 0 Å². The van der Waals surface area contributed by atoms with Crippen LogP contribution in [0.4, 0.5) is 0 Å². The van der Waals surface area contributed by atoms with Crippen LogP contribution in [0.2, 0.25) is 0 Å². The topological polar surface area (TPSA) is 49.3 Å². The summed E-state index contributed by atoms with van der Waals surface area (Å²) < 4.78 is 11.8. The van der Waals surface area contributed by atoms with Crippen molar-refractivity contribution in [1.82, 2.24) is 15.1 Å². The number of ether oxygens (including phenoxy) is 2. The Morgan fingerprint density at radius 2 is 2.03 bits per heavy atom. The van der Waals surface area contributed by atoms with Crippen LogP contribution in [0.5, 0.6) is 0 Å². The summed E-state index contributed by atoms with van der Waals surface area (Å²) in [7, 11) is 0. The molecule has 172 valence electrons. The fourth-order valence-electron chi connectivity index (χ4n) is 5.09. The van der Waals surface area contributed by atoms with Gasteiger partial charge in [0.25, 0.3) is 0 Å². The molecule has 0 saturated carbocycles. The van der Waals surface area contributed by atoms with Gasteiger partial charge in [0, 0.05) is 64.4 Å². The molecule has 1 N–H and O–H groups in total. The van der Waals surface area contributed by atoms with Gasteiger partial charge in [-0.3, -0.25) is 9.89 Å². The highest BCUT2D eigenvalue weighted by molar-refractivity contribution is 5.80. The van der Waals surface area contributed by atoms with Crippen LogP contribution in [0.1, 0.15) is 44.6 Å². The number of hydrogen-bond donors (Lipinski definition) is 1. The van der Waals surface area contributed by atoms with Crippen molar-refractivity contribution in [1.29, 1.82) is 0 Å². The summed E-state index contributed by atoms with van der Waals surface area (Å²) in [5, 5.41) is 3.48. The maximum Gasteiger partial charge on any atom is 0.193 e. The minimum Gasteiger partial charge on any atom is -0.381 e. The summed E-state index contributed by atoms with van der Waals surface area (Å²) in [5.74, 6) is 1.07. The fourth-order valence-corrected chi connectivity index (χ4v) is 5.09. The van der Waals surface area contributed by atoms with Crippen LogP contribution in [0, 0.1) is 5.41 Å². The molecule has 3 aliphatic rings. The van der Waals surface area contributed by atoms with Gasteiger partial charge >= 0.3 is 0 Å². The number of guanidine groups is 1. The van der Waals surface area contributed by atoms with Crippen molar-refractivity contribution in [2.24, 2.45) is 10.4 Å². The van der Waals surface area contributed by atoms with Gasteiger partial charge in [0.1, 0.15) is 0 Å². The number of rotatable bonds is 8. The van der Waals surface area contributed by atoms with Gasteiger partial charge in [0.05, 0.1) is 12.7 Å². The SMILES string of the molecule is CCNC(=NCCCOC1CCN(Cc2ccccc2)CC1)N1CCC2(CCOC2)C1. The van der Waals surface area contributed by atoms with Crippen LogP contribution in [-0.4, -0.2) is 81.0 Å². The molecule has 3 heterocycles. The lowest BCUT2D eigenvalue weighted by atomic mass is 9.87. The average molecular weight is 429 g/mol. The minimum atomic E-state index is 0.370. The van der Waals surface area contributed by atoms with Crippen LogP contribution >= 0.6 is 0 Å². The van der Waals surface area contributed by atoms with Crippen LogP contribution in [0.3, 0.4) is 0 Å². The first-order valence-electron chi connectivity index (χ1n) is 12.3. The lowest BCUT2D eigenvalue weighted by Gasteiger charge is -2.32. The highest BCUT2D eigenvalue weighted by Gasteiger charge is 2.42. The Morgan fingerprint density at radius 3 is 2.77 bits per heavy atom. The van der Waals surface area contributed by atoms with Crippen LogP contribution < -0.4 is 5.32 Å². The molecule has 0 aliphatic carbocycles. The van der Waals surface area contributed by atoms with Crippen molar-refractivity contribution in [2.45, 2.75) is 51.7 Å². The Balaban J connectivity index is 1.13. The van der Waals surface area contributed by atoms with Gasteiger partial charge in [-0.25, -0.2) is 0 Å². The lowest BCUT2D eigenvalue weighted by molar-refractivity contribution is 0.00564. The third-order valence-corrected chi connectivity index (χ3v) is 6.96. The summed E-state index contributed by atoms with van der Waals surface area (Å²) in [6, 6.07) is 10.8. The zero-order chi connectivity index (χ0) is 21.4. The molecule has 0 radical (unpaired) electrons. The number of nitrogens with zero attached hydrogens (tertiary/aromatic N) is 3. The van der Waals surface area contributed by atoms with E-state index in [1.54, 1.807) is 0 Å². The molecule has 31 heavy (non-hydrogen) atoms. The van der Waals surface area contributed by atoms with E-state index in [9.17, 15) is 0 Å². The van der Waals surface area contributed by atoms with Gasteiger partial charge in [-0.05, 0) is 44.6 Å². The van der Waals surface area contributed by atoms with Crippen molar-refractivity contribution in [3.8, 4) is 0 Å². The van der Waals surface area contributed by atoms with Crippen molar-refractivity contribution in [3.05, 3.63) is 35.9 Å². The number of aliphatic imine (C=N–C) groups is 1. The molecule has 1 spiro atoms. The molecule has 1 atom stereocenters. The Bertz CT molecular complexity index is 682. The van der Waals surface area contributed by atoms with Gasteiger partial charge < -0.3 is 19.7 Å². The number of hydrogen-bond acceptors (Lipinski definition) is 4. The first kappa shape index (κ1) is 22.6. The summed E-state index contributed by atoms with van der Waals surface area (Å²) in [5.41, 5.74) is 1.77. The van der Waals surface area contributed by atoms with E-state index >= 15 is 0 Å². The molecular weight excluding hydrogens is 388 g/mol. The molecule has 0 amide bonds. The van der Waals surface area contributed by atoms with Crippen molar-refractivity contribution in [3.63, 3.8) is 0 Å². The average Bonchev–Trinajstić information content (AvgIpc) is 3.44. The summed E-state index contributed by atoms with van der Waals surface area (Å²) in [4.78, 5) is 9.87. The van der Waals surface area contributed by atoms with Crippen molar-refractivity contribution < 1.29 is 9.47 Å². The van der Waals surface area contributed by atoms with E-state index in [1.807, 2.05) is 0 Å². The van der Waals surface area contributed by atoms with Gasteiger partial charge in [-0.2, -0.15) is 0 Å². The molecule has 1 aromatic carbocycles. The molecule has 3 aliphatic heterocycles. The zero-order valence-electron chi connectivity index (χ0n) is 19.2. The summed E-state index contributed by atoms with van der Waals surface area (Å²) in [6.45, 7) is 12.0. The number of likely N-dealkylation sites (tertiary alicyclic amines) is 2. The maximum atomic E-state index is 6.18. The van der Waals surface area contributed by atoms with E-state index in [-0.39, 0.29) is 0 Å². The molecule has 6 nitrogen and oxygen atoms in total. The predicted octanol–water partition coefficient (Wildman–Crippen LogP) is 3.14. The van der Waals surface area contributed by atoms with E-state index in [4.69, 9.17) is 14.5 Å². The number of benzene rings is 1. The van der Waals surface area contributed by atoms with E-state index < -0.39 is 0 Å². The highest BCUT2D eigenvalue weighted by Crippen LogP contribution is 2.38. The normalized spacial score (nSPS) is 25.6. The van der Waals surface area contributed by atoms with E-state index in [0.717, 1.165) is 90.9 Å². The number of piperidine rings is 1. The monoisotopic (exact) mass is 428 g/mol. The smallest absolute Gasteiger partial charge is 0.193 e. The van der Waals surface area contributed by atoms with Crippen LogP contribution in [-0.2, 0) is 16.0 Å². The second-order valence-electron chi connectivity index (χ2n) is 9.40. The summed E-state index contributed by atoms with van der Waals surface area (Å²) >= 11 is 0. The Hall–Kier alpha value is -1.63. The first-order chi connectivity index (χ1) is 15.3. The minimum absolute atomic E-state index is 0.370. The van der Waals surface area contributed by atoms with Crippen LogP contribution in [0.15, 0.2) is 35.3 Å². The zero-order valence-corrected chi connectivity index (χ0v) is 19.2. The third kappa shape index (κ3) is 6.43. The van der Waals surface area contributed by atoms with Gasteiger partial charge in [0.15, 0.2) is 5.96 Å². The van der Waals surface area contributed by atoms with Crippen molar-refractivity contribution >= 4 is 5.96 Å². The maximum absolute atomic E-state index is 6.18. The Labute approximate surface area is 188 Å². The molecule has 0 aromatic heterocycles. The molecule has 1 unspecified atom stereocenters. The molecular formula is C25H40N4O2.